The summed E-state index contributed by atoms with van der Waals surface area (Å²) >= 11 is 0. The van der Waals surface area contributed by atoms with E-state index in [0.29, 0.717) is 33.9 Å². The smallest absolute Gasteiger partial charge is 0.262 e. The third-order valence-corrected chi connectivity index (χ3v) is 7.05. The van der Waals surface area contributed by atoms with Gasteiger partial charge in [0.25, 0.3) is 10.0 Å². The zero-order valence-electron chi connectivity index (χ0n) is 19.1. The number of methoxy groups -OCH3 is 2. The molecule has 2 aromatic carbocycles. The maximum absolute atomic E-state index is 13.4. The van der Waals surface area contributed by atoms with Crippen LogP contribution >= 0.6 is 0 Å². The Bertz CT molecular complexity index is 1410. The molecule has 1 aliphatic rings. The number of nitrogens with one attached hydrogen (secondary N) is 2. The van der Waals surface area contributed by atoms with E-state index in [0.717, 1.165) is 0 Å². The fraction of sp³-hybridized carbons (Fsp3) is 0.261. The van der Waals surface area contributed by atoms with Gasteiger partial charge in [-0.2, -0.15) is 9.78 Å². The molecular weight excluding hydrogens is 460 g/mol. The number of amides is 1. The van der Waals surface area contributed by atoms with Crippen LogP contribution in [0.4, 0.5) is 11.5 Å². The first-order valence-electron chi connectivity index (χ1n) is 10.4. The maximum Gasteiger partial charge on any atom is 0.262 e. The van der Waals surface area contributed by atoms with Gasteiger partial charge in [-0.15, -0.1) is 0 Å². The summed E-state index contributed by atoms with van der Waals surface area (Å²) in [5.74, 6) is 0.446. The average molecular weight is 485 g/mol. The van der Waals surface area contributed by atoms with Crippen LogP contribution in [0.3, 0.4) is 0 Å². The third-order valence-electron chi connectivity index (χ3n) is 5.54. The number of carbonyl (C=O) groups excluding carboxylic acids is 2. The Morgan fingerprint density at radius 3 is 2.50 bits per heavy atom. The molecule has 0 aliphatic carbocycles. The average Bonchev–Trinajstić information content (AvgIpc) is 3.06. The van der Waals surface area contributed by atoms with E-state index in [1.807, 2.05) is 0 Å². The van der Waals surface area contributed by atoms with Crippen LogP contribution < -0.4 is 19.5 Å². The Hall–Kier alpha value is -3.86. The van der Waals surface area contributed by atoms with Crippen LogP contribution in [-0.4, -0.2) is 44.2 Å². The Labute approximate surface area is 196 Å². The molecular formula is C23H24N4O6S. The number of rotatable bonds is 6. The Morgan fingerprint density at radius 1 is 1.03 bits per heavy atom. The molecule has 4 rings (SSSR count). The normalized spacial score (nSPS) is 13.6. The number of hydrogen-bond donors (Lipinski definition) is 2. The van der Waals surface area contributed by atoms with Gasteiger partial charge in [0, 0.05) is 24.5 Å². The zero-order chi connectivity index (χ0) is 24.6. The topological polar surface area (TPSA) is 129 Å². The molecule has 2 heterocycles. The lowest BCUT2D eigenvalue weighted by molar-refractivity contribution is -0.116. The van der Waals surface area contributed by atoms with Crippen LogP contribution in [-0.2, 0) is 14.8 Å². The van der Waals surface area contributed by atoms with Crippen molar-refractivity contribution in [3.8, 4) is 22.6 Å². The van der Waals surface area contributed by atoms with Crippen LogP contribution in [0.2, 0.25) is 0 Å². The van der Waals surface area contributed by atoms with Crippen LogP contribution in [0.5, 0.6) is 11.5 Å². The molecule has 0 saturated carbocycles. The van der Waals surface area contributed by atoms with Crippen molar-refractivity contribution >= 4 is 33.3 Å². The fourth-order valence-electron chi connectivity index (χ4n) is 3.82. The molecule has 2 N–H and O–H groups in total. The van der Waals surface area contributed by atoms with Gasteiger partial charge < -0.3 is 14.8 Å². The van der Waals surface area contributed by atoms with Crippen molar-refractivity contribution in [2.24, 2.45) is 0 Å². The van der Waals surface area contributed by atoms with Gasteiger partial charge in [-0.25, -0.2) is 8.42 Å². The van der Waals surface area contributed by atoms with E-state index in [1.54, 1.807) is 44.2 Å². The number of aromatic nitrogens is 2. The highest BCUT2D eigenvalue weighted by molar-refractivity contribution is 7.92. The van der Waals surface area contributed by atoms with Gasteiger partial charge in [0.05, 0.1) is 30.5 Å². The number of benzene rings is 2. The first-order chi connectivity index (χ1) is 16.1. The number of aryl methyl sites for hydroxylation is 2. The summed E-state index contributed by atoms with van der Waals surface area (Å²) in [4.78, 5) is 24.6. The molecule has 3 aromatic rings. The highest BCUT2D eigenvalue weighted by Gasteiger charge is 2.27. The fourth-order valence-corrected chi connectivity index (χ4v) is 5.16. The van der Waals surface area contributed by atoms with Gasteiger partial charge in [0.1, 0.15) is 17.3 Å². The molecule has 0 bridgehead atoms. The third kappa shape index (κ3) is 4.21. The van der Waals surface area contributed by atoms with E-state index in [9.17, 15) is 18.0 Å². The summed E-state index contributed by atoms with van der Waals surface area (Å²) in [5, 5.41) is 7.01. The number of ether oxygens (including phenoxy) is 2. The minimum Gasteiger partial charge on any atom is -0.497 e. The molecule has 1 aliphatic heterocycles. The molecule has 1 aromatic heterocycles. The summed E-state index contributed by atoms with van der Waals surface area (Å²) in [7, 11) is -1.09. The molecule has 1 amide bonds. The summed E-state index contributed by atoms with van der Waals surface area (Å²) in [6, 6.07) is 9.65. The van der Waals surface area contributed by atoms with Gasteiger partial charge in [-0.1, -0.05) is 12.1 Å². The minimum absolute atomic E-state index is 0.0356. The van der Waals surface area contributed by atoms with Gasteiger partial charge in [-0.05, 0) is 43.2 Å². The number of fused-ring (bicyclic) bond motifs is 1. The largest absolute Gasteiger partial charge is 0.497 e. The molecule has 0 radical (unpaired) electrons. The van der Waals surface area contributed by atoms with Crippen LogP contribution in [0.15, 0.2) is 41.3 Å². The molecule has 0 atom stereocenters. The van der Waals surface area contributed by atoms with Crippen molar-refractivity contribution in [2.75, 3.05) is 24.3 Å². The number of nitrogens with zero attached hydrogens (tertiary/aromatic N) is 2. The van der Waals surface area contributed by atoms with Crippen LogP contribution in [0.25, 0.3) is 11.1 Å². The van der Waals surface area contributed by atoms with Gasteiger partial charge >= 0.3 is 0 Å². The predicted molar refractivity (Wildman–Crippen MR) is 126 cm³/mol. The lowest BCUT2D eigenvalue weighted by atomic mass is 10.0. The van der Waals surface area contributed by atoms with Crippen molar-refractivity contribution < 1.29 is 27.5 Å². The monoisotopic (exact) mass is 484 g/mol. The molecule has 0 fully saturated rings. The van der Waals surface area contributed by atoms with Gasteiger partial charge in [0.15, 0.2) is 0 Å². The standard InChI is InChI=1S/C23H24N4O6S/c1-13-5-6-15(22-14(2)25-27-21(29)10-9-20(28)24-23(22)27)11-19(13)34(30,31)26-17-8-7-16(32-3)12-18(17)33-4/h5-8,11-12,26H,9-10H2,1-4H3,(H,24,28). The van der Waals surface area contributed by atoms with Crippen LogP contribution in [0, 0.1) is 13.8 Å². The quantitative estimate of drug-likeness (QED) is 0.549. The Balaban J connectivity index is 1.79. The van der Waals surface area contributed by atoms with E-state index >= 15 is 0 Å². The summed E-state index contributed by atoms with van der Waals surface area (Å²) < 4.78 is 40.9. The number of carbonyl (C=O) groups is 2. The van der Waals surface area contributed by atoms with Gasteiger partial charge in [-0.3, -0.25) is 14.3 Å². The highest BCUT2D eigenvalue weighted by atomic mass is 32.2. The molecule has 178 valence electrons. The molecule has 34 heavy (non-hydrogen) atoms. The Kier molecular flexibility index (Phi) is 6.05. The SMILES string of the molecule is COc1ccc(NS(=O)(=O)c2cc(-c3c(C)nn4c3NC(=O)CCC4=O)ccc2C)c(OC)c1. The molecule has 0 spiro atoms. The van der Waals surface area contributed by atoms with Crippen LogP contribution in [0.1, 0.15) is 28.9 Å². The molecule has 10 nitrogen and oxygen atoms in total. The number of hydrogen-bond acceptors (Lipinski definition) is 7. The number of anilines is 2. The zero-order valence-corrected chi connectivity index (χ0v) is 19.9. The van der Waals surface area contributed by atoms with E-state index in [4.69, 9.17) is 9.47 Å². The minimum atomic E-state index is -4.02. The Morgan fingerprint density at radius 2 is 1.79 bits per heavy atom. The lowest BCUT2D eigenvalue weighted by Gasteiger charge is -2.15. The van der Waals surface area contributed by atoms with Crippen molar-refractivity contribution in [1.82, 2.24) is 9.78 Å². The van der Waals surface area contributed by atoms with E-state index in [1.165, 1.54) is 25.0 Å². The van der Waals surface area contributed by atoms with Gasteiger partial charge in [0.2, 0.25) is 11.8 Å². The summed E-state index contributed by atoms with van der Waals surface area (Å²) in [5.41, 5.74) is 2.24. The summed E-state index contributed by atoms with van der Waals surface area (Å²) in [6.07, 6.45) is 0.0996. The summed E-state index contributed by atoms with van der Waals surface area (Å²) in [6.45, 7) is 3.38. The van der Waals surface area contributed by atoms with Crippen molar-refractivity contribution in [1.29, 1.82) is 0 Å². The molecule has 11 heteroatoms. The van der Waals surface area contributed by atoms with E-state index < -0.39 is 10.0 Å². The second kappa shape index (κ2) is 8.82. The maximum atomic E-state index is 13.4. The highest BCUT2D eigenvalue weighted by Crippen LogP contribution is 2.36. The first kappa shape index (κ1) is 23.3. The molecule has 0 saturated heterocycles. The van der Waals surface area contributed by atoms with Crippen molar-refractivity contribution in [3.05, 3.63) is 47.7 Å². The second-order valence-corrected chi connectivity index (χ2v) is 9.47. The van der Waals surface area contributed by atoms with E-state index in [2.05, 4.69) is 15.1 Å². The van der Waals surface area contributed by atoms with Crippen molar-refractivity contribution in [2.45, 2.75) is 31.6 Å². The molecule has 0 unspecified atom stereocenters. The first-order valence-corrected chi connectivity index (χ1v) is 11.9. The van der Waals surface area contributed by atoms with E-state index in [-0.39, 0.29) is 41.1 Å². The lowest BCUT2D eigenvalue weighted by Crippen LogP contribution is -2.15. The second-order valence-electron chi connectivity index (χ2n) is 7.81. The number of sulfonamides is 1. The van der Waals surface area contributed by atoms with Crippen molar-refractivity contribution in [3.63, 3.8) is 0 Å². The predicted octanol–water partition coefficient (Wildman–Crippen LogP) is 3.36.